The molecule has 152 valence electrons. The first-order valence-corrected chi connectivity index (χ1v) is 10.7. The largest absolute Gasteiger partial charge is 0.497 e. The predicted octanol–water partition coefficient (Wildman–Crippen LogP) is 2.10. The Morgan fingerprint density at radius 3 is 2.21 bits per heavy atom. The number of methoxy groups -OCH3 is 1. The molecule has 1 aliphatic heterocycles. The van der Waals surface area contributed by atoms with Crippen molar-refractivity contribution >= 4 is 10.0 Å². The molecule has 0 spiro atoms. The summed E-state index contributed by atoms with van der Waals surface area (Å²) in [5.74, 6) is 0.292. The third-order valence-electron chi connectivity index (χ3n) is 5.07. The van der Waals surface area contributed by atoms with Crippen molar-refractivity contribution in [2.24, 2.45) is 0 Å². The van der Waals surface area contributed by atoms with Crippen molar-refractivity contribution in [3.63, 3.8) is 0 Å². The van der Waals surface area contributed by atoms with Crippen molar-refractivity contribution < 1.29 is 17.5 Å². The van der Waals surface area contributed by atoms with Gasteiger partial charge in [-0.15, -0.1) is 0 Å². The lowest BCUT2D eigenvalue weighted by atomic mass is 10.0. The molecule has 0 unspecified atom stereocenters. The summed E-state index contributed by atoms with van der Waals surface area (Å²) < 4.78 is 46.3. The molecule has 0 aromatic heterocycles. The number of ether oxygens (including phenoxy) is 1. The molecule has 6 nitrogen and oxygen atoms in total. The maximum Gasteiger partial charge on any atom is 0.240 e. The van der Waals surface area contributed by atoms with Crippen LogP contribution in [0.1, 0.15) is 11.6 Å². The molecule has 1 N–H and O–H groups in total. The fourth-order valence-electron chi connectivity index (χ4n) is 3.30. The minimum Gasteiger partial charge on any atom is -0.497 e. The van der Waals surface area contributed by atoms with Crippen molar-refractivity contribution in [1.29, 1.82) is 0 Å². The van der Waals surface area contributed by atoms with E-state index >= 15 is 0 Å². The minimum absolute atomic E-state index is 0.0563. The molecular formula is C20H26FN3O3S. The maximum absolute atomic E-state index is 13.1. The van der Waals surface area contributed by atoms with Gasteiger partial charge in [0.05, 0.1) is 12.0 Å². The normalized spacial score (nSPS) is 17.4. The highest BCUT2D eigenvalue weighted by Gasteiger charge is 2.26. The SMILES string of the molecule is COc1ccc([C@@H](CNS(=O)(=O)c2ccc(F)cc2)N2CCN(C)CC2)cc1. The quantitative estimate of drug-likeness (QED) is 0.762. The number of hydrogen-bond donors (Lipinski definition) is 1. The molecule has 1 heterocycles. The summed E-state index contributed by atoms with van der Waals surface area (Å²) in [5.41, 5.74) is 1.02. The average molecular weight is 408 g/mol. The van der Waals surface area contributed by atoms with Gasteiger partial charge in [-0.25, -0.2) is 17.5 Å². The lowest BCUT2D eigenvalue weighted by Gasteiger charge is -2.38. The summed E-state index contributed by atoms with van der Waals surface area (Å²) >= 11 is 0. The summed E-state index contributed by atoms with van der Waals surface area (Å²) in [5, 5.41) is 0. The highest BCUT2D eigenvalue weighted by Crippen LogP contribution is 2.24. The molecule has 1 aliphatic rings. The first-order chi connectivity index (χ1) is 13.4. The molecule has 3 rings (SSSR count). The van der Waals surface area contributed by atoms with Crippen LogP contribution in [0.25, 0.3) is 0 Å². The van der Waals surface area contributed by atoms with Gasteiger partial charge in [-0.1, -0.05) is 12.1 Å². The Balaban J connectivity index is 1.79. The van der Waals surface area contributed by atoms with Gasteiger partial charge in [0.2, 0.25) is 10.0 Å². The molecule has 2 aromatic carbocycles. The van der Waals surface area contributed by atoms with Gasteiger partial charge in [0, 0.05) is 38.8 Å². The number of nitrogens with one attached hydrogen (secondary N) is 1. The van der Waals surface area contributed by atoms with Gasteiger partial charge in [0.25, 0.3) is 0 Å². The second-order valence-electron chi connectivity index (χ2n) is 6.93. The van der Waals surface area contributed by atoms with E-state index in [9.17, 15) is 12.8 Å². The summed E-state index contributed by atoms with van der Waals surface area (Å²) in [6, 6.07) is 12.4. The predicted molar refractivity (Wildman–Crippen MR) is 106 cm³/mol. The first-order valence-electron chi connectivity index (χ1n) is 9.21. The van der Waals surface area contributed by atoms with Crippen molar-refractivity contribution in [2.45, 2.75) is 10.9 Å². The van der Waals surface area contributed by atoms with E-state index < -0.39 is 15.8 Å². The van der Waals surface area contributed by atoms with Gasteiger partial charge in [0.15, 0.2) is 0 Å². The zero-order chi connectivity index (χ0) is 20.1. The van der Waals surface area contributed by atoms with Crippen LogP contribution < -0.4 is 9.46 Å². The number of halogens is 1. The summed E-state index contributed by atoms with van der Waals surface area (Å²) in [4.78, 5) is 4.60. The van der Waals surface area contributed by atoms with Crippen molar-refractivity contribution in [2.75, 3.05) is 46.9 Å². The topological polar surface area (TPSA) is 61.9 Å². The van der Waals surface area contributed by atoms with E-state index in [-0.39, 0.29) is 17.5 Å². The van der Waals surface area contributed by atoms with Gasteiger partial charge in [-0.3, -0.25) is 4.90 Å². The number of nitrogens with zero attached hydrogens (tertiary/aromatic N) is 2. The van der Waals surface area contributed by atoms with E-state index in [2.05, 4.69) is 21.6 Å². The molecule has 0 aliphatic carbocycles. The Bertz CT molecular complexity index is 865. The number of hydrogen-bond acceptors (Lipinski definition) is 5. The van der Waals surface area contributed by atoms with Crippen LogP contribution in [0.3, 0.4) is 0 Å². The third-order valence-corrected chi connectivity index (χ3v) is 6.51. The van der Waals surface area contributed by atoms with Gasteiger partial charge >= 0.3 is 0 Å². The van der Waals surface area contributed by atoms with E-state index in [1.54, 1.807) is 7.11 Å². The molecule has 0 saturated carbocycles. The monoisotopic (exact) mass is 407 g/mol. The fraction of sp³-hybridized carbons (Fsp3) is 0.400. The summed E-state index contributed by atoms with van der Waals surface area (Å²) in [6.45, 7) is 3.79. The van der Waals surface area contributed by atoms with E-state index in [4.69, 9.17) is 4.74 Å². The van der Waals surface area contributed by atoms with Crippen LogP contribution in [-0.2, 0) is 10.0 Å². The zero-order valence-electron chi connectivity index (χ0n) is 16.1. The molecule has 8 heteroatoms. The van der Waals surface area contributed by atoms with E-state index in [0.717, 1.165) is 49.6 Å². The van der Waals surface area contributed by atoms with E-state index in [1.165, 1.54) is 12.1 Å². The number of piperazine rings is 1. The maximum atomic E-state index is 13.1. The van der Waals surface area contributed by atoms with Crippen molar-refractivity contribution in [1.82, 2.24) is 14.5 Å². The fourth-order valence-corrected chi connectivity index (χ4v) is 4.34. The summed E-state index contributed by atoms with van der Waals surface area (Å²) in [6.07, 6.45) is 0. The Labute approximate surface area is 166 Å². The highest BCUT2D eigenvalue weighted by molar-refractivity contribution is 7.89. The zero-order valence-corrected chi connectivity index (χ0v) is 17.0. The lowest BCUT2D eigenvalue weighted by Crippen LogP contribution is -2.48. The van der Waals surface area contributed by atoms with Crippen LogP contribution in [0.15, 0.2) is 53.4 Å². The van der Waals surface area contributed by atoms with Crippen LogP contribution in [0.4, 0.5) is 4.39 Å². The second kappa shape index (κ2) is 9.00. The summed E-state index contributed by atoms with van der Waals surface area (Å²) in [7, 11) is -0.0256. The van der Waals surface area contributed by atoms with E-state index in [1.807, 2.05) is 24.3 Å². The van der Waals surface area contributed by atoms with Crippen LogP contribution in [0.5, 0.6) is 5.75 Å². The van der Waals surface area contributed by atoms with Crippen molar-refractivity contribution in [3.8, 4) is 5.75 Å². The highest BCUT2D eigenvalue weighted by atomic mass is 32.2. The van der Waals surface area contributed by atoms with Crippen LogP contribution >= 0.6 is 0 Å². The number of sulfonamides is 1. The Morgan fingerprint density at radius 2 is 1.64 bits per heavy atom. The Kier molecular flexibility index (Phi) is 6.66. The third kappa shape index (κ3) is 5.08. The smallest absolute Gasteiger partial charge is 0.240 e. The van der Waals surface area contributed by atoms with Gasteiger partial charge < -0.3 is 9.64 Å². The molecule has 2 aromatic rings. The van der Waals surface area contributed by atoms with Crippen molar-refractivity contribution in [3.05, 3.63) is 59.9 Å². The number of benzene rings is 2. The minimum atomic E-state index is -3.72. The van der Waals surface area contributed by atoms with Gasteiger partial charge in [0.1, 0.15) is 11.6 Å². The first kappa shape index (κ1) is 20.7. The molecule has 0 bridgehead atoms. The van der Waals surface area contributed by atoms with Crippen LogP contribution in [0.2, 0.25) is 0 Å². The molecule has 1 saturated heterocycles. The van der Waals surface area contributed by atoms with Gasteiger partial charge in [-0.2, -0.15) is 0 Å². The van der Waals surface area contributed by atoms with Crippen LogP contribution in [-0.4, -0.2) is 65.1 Å². The average Bonchev–Trinajstić information content (AvgIpc) is 2.70. The molecule has 0 amide bonds. The standard InChI is InChI=1S/C20H26FN3O3S/c1-23-11-13-24(14-12-23)20(16-3-7-18(27-2)8-4-16)15-22-28(25,26)19-9-5-17(21)6-10-19/h3-10,20,22H,11-15H2,1-2H3/t20-/m1/s1. The molecule has 1 fully saturated rings. The van der Waals surface area contributed by atoms with E-state index in [0.29, 0.717) is 0 Å². The Hall–Kier alpha value is -2.00. The molecule has 1 atom stereocenters. The molecular weight excluding hydrogens is 381 g/mol. The molecule has 0 radical (unpaired) electrons. The van der Waals surface area contributed by atoms with Crippen LogP contribution in [0, 0.1) is 5.82 Å². The van der Waals surface area contributed by atoms with Gasteiger partial charge in [-0.05, 0) is 49.0 Å². The number of likely N-dealkylation sites (N-methyl/N-ethyl adjacent to an activating group) is 1. The second-order valence-corrected chi connectivity index (χ2v) is 8.70. The molecule has 28 heavy (non-hydrogen) atoms. The number of rotatable bonds is 7. The Morgan fingerprint density at radius 1 is 1.04 bits per heavy atom. The lowest BCUT2D eigenvalue weighted by molar-refractivity contribution is 0.113.